The minimum absolute atomic E-state index is 0.252. The molecular weight excluding hydrogens is 269 g/mol. The third-order valence-electron chi connectivity index (χ3n) is 3.32. The van der Waals surface area contributed by atoms with Gasteiger partial charge in [-0.2, -0.15) is 0 Å². The zero-order valence-corrected chi connectivity index (χ0v) is 12.5. The SMILES string of the molecule is CCCc1nc(NN)c(C)c(Nc2cccc(F)c2C)n1. The number of rotatable bonds is 5. The summed E-state index contributed by atoms with van der Waals surface area (Å²) in [7, 11) is 0. The molecule has 1 heterocycles. The molecule has 0 spiro atoms. The van der Waals surface area contributed by atoms with Gasteiger partial charge in [-0.3, -0.25) is 0 Å². The lowest BCUT2D eigenvalue weighted by Crippen LogP contribution is -2.14. The zero-order chi connectivity index (χ0) is 15.4. The first-order valence-electron chi connectivity index (χ1n) is 6.93. The third kappa shape index (κ3) is 3.28. The molecule has 6 heteroatoms. The second-order valence-electron chi connectivity index (χ2n) is 4.89. The van der Waals surface area contributed by atoms with E-state index < -0.39 is 0 Å². The van der Waals surface area contributed by atoms with Crippen LogP contribution in [0.4, 0.5) is 21.7 Å². The molecule has 5 nitrogen and oxygen atoms in total. The largest absolute Gasteiger partial charge is 0.340 e. The van der Waals surface area contributed by atoms with Gasteiger partial charge >= 0.3 is 0 Å². The van der Waals surface area contributed by atoms with Gasteiger partial charge in [-0.1, -0.05) is 13.0 Å². The zero-order valence-electron chi connectivity index (χ0n) is 12.5. The molecule has 1 aromatic heterocycles. The van der Waals surface area contributed by atoms with E-state index in [1.165, 1.54) is 6.07 Å². The summed E-state index contributed by atoms with van der Waals surface area (Å²) in [4.78, 5) is 8.86. The molecule has 1 aromatic carbocycles. The molecule has 0 saturated carbocycles. The summed E-state index contributed by atoms with van der Waals surface area (Å²) < 4.78 is 13.6. The van der Waals surface area contributed by atoms with Crippen LogP contribution in [-0.4, -0.2) is 9.97 Å². The fourth-order valence-electron chi connectivity index (χ4n) is 2.03. The monoisotopic (exact) mass is 289 g/mol. The van der Waals surface area contributed by atoms with Gasteiger partial charge in [0.1, 0.15) is 23.3 Å². The smallest absolute Gasteiger partial charge is 0.148 e. The Morgan fingerprint density at radius 3 is 2.52 bits per heavy atom. The number of aryl methyl sites for hydroxylation is 1. The minimum atomic E-state index is -0.252. The predicted octanol–water partition coefficient (Wildman–Crippen LogP) is 3.21. The summed E-state index contributed by atoms with van der Waals surface area (Å²) in [6, 6.07) is 4.91. The molecule has 0 saturated heterocycles. The lowest BCUT2D eigenvalue weighted by molar-refractivity contribution is 0.619. The van der Waals surface area contributed by atoms with Crippen LogP contribution < -0.4 is 16.6 Å². The van der Waals surface area contributed by atoms with Crippen LogP contribution in [0.5, 0.6) is 0 Å². The minimum Gasteiger partial charge on any atom is -0.340 e. The maximum Gasteiger partial charge on any atom is 0.148 e. The van der Waals surface area contributed by atoms with Crippen molar-refractivity contribution in [3.8, 4) is 0 Å². The van der Waals surface area contributed by atoms with Crippen molar-refractivity contribution in [1.82, 2.24) is 9.97 Å². The van der Waals surface area contributed by atoms with E-state index in [2.05, 4.69) is 27.6 Å². The maximum atomic E-state index is 13.6. The number of nitrogens with one attached hydrogen (secondary N) is 2. The molecule has 0 aliphatic carbocycles. The number of nitrogens with zero attached hydrogens (tertiary/aromatic N) is 2. The lowest BCUT2D eigenvalue weighted by Gasteiger charge is -2.15. The summed E-state index contributed by atoms with van der Waals surface area (Å²) in [5.41, 5.74) is 4.61. The first-order valence-corrected chi connectivity index (χ1v) is 6.93. The second kappa shape index (κ2) is 6.49. The average molecular weight is 289 g/mol. The summed E-state index contributed by atoms with van der Waals surface area (Å²) in [5, 5.41) is 3.17. The molecule has 0 aliphatic rings. The highest BCUT2D eigenvalue weighted by Crippen LogP contribution is 2.26. The number of hydrogen-bond donors (Lipinski definition) is 3. The Morgan fingerprint density at radius 1 is 1.14 bits per heavy atom. The van der Waals surface area contributed by atoms with Crippen LogP contribution >= 0.6 is 0 Å². The van der Waals surface area contributed by atoms with Crippen molar-refractivity contribution in [2.75, 3.05) is 10.7 Å². The molecule has 0 aliphatic heterocycles. The number of nitrogen functional groups attached to an aromatic ring is 1. The fraction of sp³-hybridized carbons (Fsp3) is 0.333. The Balaban J connectivity index is 2.42. The van der Waals surface area contributed by atoms with Crippen LogP contribution in [0.15, 0.2) is 18.2 Å². The summed E-state index contributed by atoms with van der Waals surface area (Å²) in [5.74, 6) is 7.16. The molecule has 112 valence electrons. The van der Waals surface area contributed by atoms with Gasteiger partial charge in [0.2, 0.25) is 0 Å². The van der Waals surface area contributed by atoms with Gasteiger partial charge < -0.3 is 10.7 Å². The first kappa shape index (κ1) is 15.2. The van der Waals surface area contributed by atoms with E-state index in [1.54, 1.807) is 13.0 Å². The number of hydrogen-bond acceptors (Lipinski definition) is 5. The lowest BCUT2D eigenvalue weighted by atomic mass is 10.2. The molecule has 0 fully saturated rings. The first-order chi connectivity index (χ1) is 10.1. The van der Waals surface area contributed by atoms with E-state index in [9.17, 15) is 4.39 Å². The number of anilines is 3. The van der Waals surface area contributed by atoms with Gasteiger partial charge in [0.05, 0.1) is 0 Å². The highest BCUT2D eigenvalue weighted by atomic mass is 19.1. The standard InChI is InChI=1S/C15H20FN5/c1-4-6-13-19-14(10(3)15(20-13)21-17)18-12-8-5-7-11(16)9(12)2/h5,7-8H,4,6,17H2,1-3H3,(H2,18,19,20,21). The highest BCUT2D eigenvalue weighted by molar-refractivity contribution is 5.66. The van der Waals surface area contributed by atoms with Crippen LogP contribution in [0.3, 0.4) is 0 Å². The Hall–Kier alpha value is -2.21. The Morgan fingerprint density at radius 2 is 1.86 bits per heavy atom. The normalized spacial score (nSPS) is 10.5. The summed E-state index contributed by atoms with van der Waals surface area (Å²) in [6.07, 6.45) is 1.69. The number of hydrazine groups is 1. The molecule has 0 atom stereocenters. The molecule has 0 bridgehead atoms. The predicted molar refractivity (Wildman–Crippen MR) is 83.0 cm³/mol. The van der Waals surface area contributed by atoms with Crippen molar-refractivity contribution in [2.45, 2.75) is 33.6 Å². The molecule has 4 N–H and O–H groups in total. The number of halogens is 1. The van der Waals surface area contributed by atoms with Gasteiger partial charge in [0.25, 0.3) is 0 Å². The van der Waals surface area contributed by atoms with Crippen molar-refractivity contribution >= 4 is 17.3 Å². The van der Waals surface area contributed by atoms with E-state index in [4.69, 9.17) is 5.84 Å². The molecule has 0 unspecified atom stereocenters. The topological polar surface area (TPSA) is 75.9 Å². The average Bonchev–Trinajstić information content (AvgIpc) is 2.47. The summed E-state index contributed by atoms with van der Waals surface area (Å²) in [6.45, 7) is 5.65. The number of aromatic nitrogens is 2. The molecule has 0 radical (unpaired) electrons. The van der Waals surface area contributed by atoms with Crippen molar-refractivity contribution in [3.63, 3.8) is 0 Å². The van der Waals surface area contributed by atoms with Gasteiger partial charge in [-0.25, -0.2) is 20.2 Å². The highest BCUT2D eigenvalue weighted by Gasteiger charge is 2.12. The molecule has 2 rings (SSSR count). The van der Waals surface area contributed by atoms with Crippen LogP contribution in [0.25, 0.3) is 0 Å². The van der Waals surface area contributed by atoms with Gasteiger partial charge in [-0.15, -0.1) is 0 Å². The van der Waals surface area contributed by atoms with E-state index in [1.807, 2.05) is 13.0 Å². The molecule has 21 heavy (non-hydrogen) atoms. The van der Waals surface area contributed by atoms with Gasteiger partial charge in [0.15, 0.2) is 0 Å². The van der Waals surface area contributed by atoms with E-state index >= 15 is 0 Å². The van der Waals surface area contributed by atoms with Crippen LogP contribution in [0.1, 0.15) is 30.3 Å². The number of benzene rings is 1. The Bertz CT molecular complexity index is 642. The van der Waals surface area contributed by atoms with Crippen LogP contribution in [0.2, 0.25) is 0 Å². The van der Waals surface area contributed by atoms with Gasteiger partial charge in [0, 0.05) is 23.2 Å². The van der Waals surface area contributed by atoms with Crippen molar-refractivity contribution in [1.29, 1.82) is 0 Å². The second-order valence-corrected chi connectivity index (χ2v) is 4.89. The molecular formula is C15H20FN5. The van der Waals surface area contributed by atoms with E-state index in [0.29, 0.717) is 28.7 Å². The fourth-order valence-corrected chi connectivity index (χ4v) is 2.03. The van der Waals surface area contributed by atoms with Gasteiger partial charge in [-0.05, 0) is 32.4 Å². The van der Waals surface area contributed by atoms with Crippen molar-refractivity contribution in [3.05, 3.63) is 41.0 Å². The molecule has 0 amide bonds. The number of nitrogens with two attached hydrogens (primary N) is 1. The quantitative estimate of drug-likeness (QED) is 0.582. The van der Waals surface area contributed by atoms with Crippen molar-refractivity contribution in [2.24, 2.45) is 5.84 Å². The maximum absolute atomic E-state index is 13.6. The molecule has 2 aromatic rings. The third-order valence-corrected chi connectivity index (χ3v) is 3.32. The Labute approximate surface area is 123 Å². The van der Waals surface area contributed by atoms with Crippen LogP contribution in [0, 0.1) is 19.7 Å². The van der Waals surface area contributed by atoms with Crippen LogP contribution in [-0.2, 0) is 6.42 Å². The van der Waals surface area contributed by atoms with E-state index in [0.717, 1.165) is 18.4 Å². The Kier molecular flexibility index (Phi) is 4.70. The summed E-state index contributed by atoms with van der Waals surface area (Å²) >= 11 is 0. The van der Waals surface area contributed by atoms with E-state index in [-0.39, 0.29) is 5.82 Å². The van der Waals surface area contributed by atoms with Crippen molar-refractivity contribution < 1.29 is 4.39 Å².